The van der Waals surface area contributed by atoms with Gasteiger partial charge in [-0.15, -0.1) is 11.3 Å². The van der Waals surface area contributed by atoms with Gasteiger partial charge in [0.1, 0.15) is 5.78 Å². The zero-order valence-corrected chi connectivity index (χ0v) is 22.4. The van der Waals surface area contributed by atoms with Gasteiger partial charge in [-0.1, -0.05) is 43.5 Å². The minimum atomic E-state index is -0.515. The lowest BCUT2D eigenvalue weighted by atomic mass is 9.70. The number of carbonyl (C=O) groups excluding carboxylic acids is 1. The van der Waals surface area contributed by atoms with Gasteiger partial charge >= 0.3 is 0 Å². The molecule has 0 amide bonds. The van der Waals surface area contributed by atoms with Gasteiger partial charge in [0.15, 0.2) is 0 Å². The summed E-state index contributed by atoms with van der Waals surface area (Å²) in [6.45, 7) is 8.98. The topological polar surface area (TPSA) is 33.2 Å². The minimum Gasteiger partial charge on any atom is -0.298 e. The molecule has 1 saturated heterocycles. The first-order valence-corrected chi connectivity index (χ1v) is 14.4. The molecule has 1 aromatic carbocycles. The maximum absolute atomic E-state index is 13.9. The number of nitrogens with zero attached hydrogens (tertiary/aromatic N) is 2. The lowest BCUT2D eigenvalue weighted by Crippen LogP contribution is -2.51. The highest BCUT2D eigenvalue weighted by atomic mass is 32.1. The number of benzene rings is 1. The number of rotatable bonds is 7. The van der Waals surface area contributed by atoms with E-state index in [2.05, 4.69) is 61.4 Å². The van der Waals surface area contributed by atoms with E-state index in [4.69, 9.17) is 4.98 Å². The summed E-state index contributed by atoms with van der Waals surface area (Å²) >= 11 is 1.88. The van der Waals surface area contributed by atoms with Crippen molar-refractivity contribution in [2.75, 3.05) is 13.1 Å². The fraction of sp³-hybridized carbons (Fsp3) is 0.548. The van der Waals surface area contributed by atoms with Gasteiger partial charge in [0.05, 0.1) is 11.1 Å². The van der Waals surface area contributed by atoms with Crippen molar-refractivity contribution in [1.29, 1.82) is 0 Å². The van der Waals surface area contributed by atoms with Crippen LogP contribution in [0, 0.1) is 5.92 Å². The Balaban J connectivity index is 1.33. The summed E-state index contributed by atoms with van der Waals surface area (Å²) in [4.78, 5) is 21.3. The number of thiophene rings is 1. The molecule has 186 valence electrons. The number of hydrogen-bond donors (Lipinski definition) is 0. The van der Waals surface area contributed by atoms with Crippen LogP contribution in [0.1, 0.15) is 89.3 Å². The van der Waals surface area contributed by atoms with E-state index >= 15 is 0 Å². The van der Waals surface area contributed by atoms with E-state index in [1.807, 2.05) is 29.7 Å². The summed E-state index contributed by atoms with van der Waals surface area (Å²) in [5.41, 5.74) is 2.06. The molecule has 2 aliphatic rings. The smallest absolute Gasteiger partial charge is 0.147 e. The highest BCUT2D eigenvalue weighted by Crippen LogP contribution is 2.42. The van der Waals surface area contributed by atoms with Crippen LogP contribution in [0.4, 0.5) is 0 Å². The molecule has 0 N–H and O–H groups in total. The predicted molar refractivity (Wildman–Crippen MR) is 147 cm³/mol. The second kappa shape index (κ2) is 10.1. The first kappa shape index (κ1) is 24.6. The Morgan fingerprint density at radius 1 is 1.09 bits per heavy atom. The van der Waals surface area contributed by atoms with E-state index in [-0.39, 0.29) is 11.5 Å². The number of fused-ring (bicyclic) bond motifs is 1. The Hall–Kier alpha value is -2.04. The van der Waals surface area contributed by atoms with Crippen LogP contribution in [0.15, 0.2) is 54.0 Å². The highest BCUT2D eigenvalue weighted by molar-refractivity contribution is 7.17. The van der Waals surface area contributed by atoms with Crippen molar-refractivity contribution in [1.82, 2.24) is 9.88 Å². The summed E-state index contributed by atoms with van der Waals surface area (Å²) in [6, 6.07) is 15.1. The summed E-state index contributed by atoms with van der Waals surface area (Å²) in [5.74, 6) is 1.21. The third-order valence-corrected chi connectivity index (χ3v) is 9.91. The van der Waals surface area contributed by atoms with Crippen molar-refractivity contribution in [3.05, 3.63) is 65.3 Å². The summed E-state index contributed by atoms with van der Waals surface area (Å²) in [5, 5.41) is 3.59. The zero-order valence-electron chi connectivity index (χ0n) is 21.6. The van der Waals surface area contributed by atoms with Gasteiger partial charge in [0.25, 0.3) is 0 Å². The zero-order chi connectivity index (χ0) is 24.5. The van der Waals surface area contributed by atoms with Gasteiger partial charge in [-0.3, -0.25) is 14.7 Å². The normalized spacial score (nSPS) is 23.2. The average Bonchev–Trinajstić information content (AvgIpc) is 3.37. The lowest BCUT2D eigenvalue weighted by Gasteiger charge is -2.47. The van der Waals surface area contributed by atoms with Crippen LogP contribution in [-0.2, 0) is 10.2 Å². The standard InChI is InChI=1S/C31H40N2OS/c1-30(2)22-25(26-13-9-12-23-16-21-35-28(23)26)15-19-33(30)20-17-31(3,27-14-7-8-18-32-27)29(34)24-10-5-4-6-11-24/h7-9,12-14,16,18,21,24-25H,4-6,10-11,15,17,19-20,22H2,1-3H3. The molecule has 3 nitrogen and oxygen atoms in total. The quantitative estimate of drug-likeness (QED) is 0.341. The monoisotopic (exact) mass is 488 g/mol. The van der Waals surface area contributed by atoms with Crippen molar-refractivity contribution in [3.8, 4) is 0 Å². The number of Topliss-reactive ketones (excluding diaryl/α,β-unsaturated/α-hetero) is 1. The number of ketones is 1. The molecule has 5 rings (SSSR count). The fourth-order valence-electron chi connectivity index (χ4n) is 6.71. The predicted octanol–water partition coefficient (Wildman–Crippen LogP) is 7.75. The number of likely N-dealkylation sites (tertiary alicyclic amines) is 1. The van der Waals surface area contributed by atoms with Crippen molar-refractivity contribution >= 4 is 27.2 Å². The Bertz CT molecular complexity index is 1150. The van der Waals surface area contributed by atoms with E-state index < -0.39 is 5.41 Å². The van der Waals surface area contributed by atoms with Crippen molar-refractivity contribution < 1.29 is 4.79 Å². The molecule has 1 aliphatic carbocycles. The summed E-state index contributed by atoms with van der Waals surface area (Å²) in [6.07, 6.45) is 10.8. The largest absolute Gasteiger partial charge is 0.298 e. The maximum Gasteiger partial charge on any atom is 0.147 e. The second-order valence-corrected chi connectivity index (χ2v) is 12.6. The third-order valence-electron chi connectivity index (χ3n) is 8.93. The molecule has 2 aromatic heterocycles. The van der Waals surface area contributed by atoms with Crippen LogP contribution in [0.25, 0.3) is 10.1 Å². The van der Waals surface area contributed by atoms with Crippen LogP contribution in [0.3, 0.4) is 0 Å². The molecule has 3 aromatic rings. The van der Waals surface area contributed by atoms with Gasteiger partial charge in [-0.25, -0.2) is 0 Å². The number of pyridine rings is 1. The molecular weight excluding hydrogens is 448 g/mol. The molecule has 2 fully saturated rings. The molecule has 35 heavy (non-hydrogen) atoms. The van der Waals surface area contributed by atoms with Crippen LogP contribution >= 0.6 is 11.3 Å². The van der Waals surface area contributed by atoms with Gasteiger partial charge < -0.3 is 0 Å². The van der Waals surface area contributed by atoms with Crippen molar-refractivity contribution in [3.63, 3.8) is 0 Å². The highest BCUT2D eigenvalue weighted by Gasteiger charge is 2.42. The van der Waals surface area contributed by atoms with E-state index in [9.17, 15) is 4.79 Å². The second-order valence-electron chi connectivity index (χ2n) is 11.7. The fourth-order valence-corrected chi connectivity index (χ4v) is 7.70. The molecule has 0 spiro atoms. The number of hydrogen-bond acceptors (Lipinski definition) is 4. The van der Waals surface area contributed by atoms with E-state index in [1.54, 1.807) is 0 Å². The van der Waals surface area contributed by atoms with Crippen LogP contribution in [0.5, 0.6) is 0 Å². The first-order chi connectivity index (χ1) is 16.9. The molecular formula is C31H40N2OS. The SMILES string of the molecule is CC(CCN1CCC(c2cccc3ccsc23)CC1(C)C)(C(=O)C1CCCCC1)c1ccccn1. The molecule has 4 heteroatoms. The molecule has 0 bridgehead atoms. The molecule has 3 heterocycles. The number of aromatic nitrogens is 1. The molecule has 0 radical (unpaired) electrons. The maximum atomic E-state index is 13.9. The third kappa shape index (κ3) is 4.97. The van der Waals surface area contributed by atoms with Crippen molar-refractivity contribution in [2.24, 2.45) is 5.92 Å². The van der Waals surface area contributed by atoms with Gasteiger partial charge in [0.2, 0.25) is 0 Å². The average molecular weight is 489 g/mol. The molecule has 1 saturated carbocycles. The first-order valence-electron chi connectivity index (χ1n) is 13.6. The van der Waals surface area contributed by atoms with Crippen LogP contribution < -0.4 is 0 Å². The van der Waals surface area contributed by atoms with Gasteiger partial charge in [-0.05, 0) is 106 Å². The van der Waals surface area contributed by atoms with E-state index in [1.165, 1.54) is 41.3 Å². The Labute approximate surface area is 215 Å². The Morgan fingerprint density at radius 2 is 1.91 bits per heavy atom. The van der Waals surface area contributed by atoms with Gasteiger partial charge in [0, 0.05) is 22.4 Å². The summed E-state index contributed by atoms with van der Waals surface area (Å²) in [7, 11) is 0. The van der Waals surface area contributed by atoms with Crippen LogP contribution in [0.2, 0.25) is 0 Å². The van der Waals surface area contributed by atoms with E-state index in [0.717, 1.165) is 44.5 Å². The number of carbonyl (C=O) groups is 1. The Kier molecular flexibility index (Phi) is 7.14. The molecule has 2 unspecified atom stereocenters. The van der Waals surface area contributed by atoms with E-state index in [0.29, 0.717) is 11.7 Å². The molecule has 2 atom stereocenters. The van der Waals surface area contributed by atoms with Crippen LogP contribution in [-0.4, -0.2) is 34.3 Å². The van der Waals surface area contributed by atoms with Crippen molar-refractivity contribution in [2.45, 2.75) is 89.0 Å². The Morgan fingerprint density at radius 3 is 2.66 bits per heavy atom. The number of piperidine rings is 1. The minimum absolute atomic E-state index is 0.0985. The lowest BCUT2D eigenvalue weighted by molar-refractivity contribution is -0.129. The molecule has 1 aliphatic heterocycles. The van der Waals surface area contributed by atoms with Gasteiger partial charge in [-0.2, -0.15) is 0 Å². The summed E-state index contributed by atoms with van der Waals surface area (Å²) < 4.78 is 1.46.